The highest BCUT2D eigenvalue weighted by Crippen LogP contribution is 2.13. The van der Waals surface area contributed by atoms with E-state index in [1.165, 1.54) is 11.5 Å². The SMILES string of the molecule is CSCC(C)Nc1nc(N)ns1. The van der Waals surface area contributed by atoms with Crippen LogP contribution in [0, 0.1) is 0 Å². The number of thioether (sulfide) groups is 1. The van der Waals surface area contributed by atoms with E-state index in [9.17, 15) is 0 Å². The van der Waals surface area contributed by atoms with Gasteiger partial charge in [-0.2, -0.15) is 21.1 Å². The molecule has 1 aromatic rings. The molecule has 0 aliphatic rings. The number of nitrogens with two attached hydrogens (primary N) is 1. The van der Waals surface area contributed by atoms with Crippen molar-refractivity contribution in [1.82, 2.24) is 9.36 Å². The van der Waals surface area contributed by atoms with Crippen LogP contribution in [0.4, 0.5) is 11.1 Å². The molecule has 0 amide bonds. The fraction of sp³-hybridized carbons (Fsp3) is 0.667. The number of nitrogens with one attached hydrogen (secondary N) is 1. The van der Waals surface area contributed by atoms with Gasteiger partial charge in [0.05, 0.1) is 0 Å². The van der Waals surface area contributed by atoms with Gasteiger partial charge in [0.2, 0.25) is 11.1 Å². The van der Waals surface area contributed by atoms with Gasteiger partial charge >= 0.3 is 0 Å². The third-order valence-electron chi connectivity index (χ3n) is 1.23. The van der Waals surface area contributed by atoms with Gasteiger partial charge in [-0.05, 0) is 13.2 Å². The van der Waals surface area contributed by atoms with Crippen LogP contribution in [0.3, 0.4) is 0 Å². The standard InChI is InChI=1S/C6H12N4S2/c1-4(3-11-2)8-6-9-5(7)10-12-6/h4H,3H2,1-2H3,(H3,7,8,9,10). The van der Waals surface area contributed by atoms with Gasteiger partial charge in [-0.15, -0.1) is 0 Å². The molecule has 0 spiro atoms. The van der Waals surface area contributed by atoms with Crippen molar-refractivity contribution >= 4 is 34.4 Å². The van der Waals surface area contributed by atoms with Gasteiger partial charge in [0.25, 0.3) is 0 Å². The number of nitrogens with zero attached hydrogens (tertiary/aromatic N) is 2. The van der Waals surface area contributed by atoms with Crippen LogP contribution in [0.1, 0.15) is 6.92 Å². The molecule has 12 heavy (non-hydrogen) atoms. The Morgan fingerprint density at radius 3 is 3.00 bits per heavy atom. The Balaban J connectivity index is 2.41. The van der Waals surface area contributed by atoms with E-state index in [0.717, 1.165) is 10.9 Å². The first kappa shape index (κ1) is 9.60. The average Bonchev–Trinajstić information content (AvgIpc) is 2.36. The van der Waals surface area contributed by atoms with Crippen molar-refractivity contribution < 1.29 is 0 Å². The molecular formula is C6H12N4S2. The van der Waals surface area contributed by atoms with Crippen LogP contribution in [0.2, 0.25) is 0 Å². The van der Waals surface area contributed by atoms with E-state index in [-0.39, 0.29) is 0 Å². The second-order valence-electron chi connectivity index (χ2n) is 2.46. The van der Waals surface area contributed by atoms with Crippen LogP contribution in [0.5, 0.6) is 0 Å². The molecule has 4 nitrogen and oxygen atoms in total. The fourth-order valence-corrected chi connectivity index (χ4v) is 1.99. The minimum atomic E-state index is 0.346. The topological polar surface area (TPSA) is 63.8 Å². The van der Waals surface area contributed by atoms with Crippen molar-refractivity contribution in [2.75, 3.05) is 23.1 Å². The molecule has 1 aromatic heterocycles. The summed E-state index contributed by atoms with van der Waals surface area (Å²) in [5, 5.41) is 4.01. The molecule has 1 unspecified atom stereocenters. The Morgan fingerprint density at radius 1 is 1.75 bits per heavy atom. The number of hydrogen-bond acceptors (Lipinski definition) is 6. The lowest BCUT2D eigenvalue weighted by molar-refractivity contribution is 0.911. The number of hydrogen-bond donors (Lipinski definition) is 2. The predicted octanol–water partition coefficient (Wildman–Crippen LogP) is 1.28. The largest absolute Gasteiger partial charge is 0.367 e. The summed E-state index contributed by atoms with van der Waals surface area (Å²) in [5.41, 5.74) is 5.37. The fourth-order valence-electron chi connectivity index (χ4n) is 0.796. The number of aromatic nitrogens is 2. The molecule has 0 saturated carbocycles. The van der Waals surface area contributed by atoms with Gasteiger partial charge in [-0.25, -0.2) is 0 Å². The van der Waals surface area contributed by atoms with Crippen LogP contribution in [-0.4, -0.2) is 27.4 Å². The van der Waals surface area contributed by atoms with Crippen LogP contribution in [0.15, 0.2) is 0 Å². The minimum absolute atomic E-state index is 0.346. The van der Waals surface area contributed by atoms with Gasteiger partial charge < -0.3 is 11.1 Å². The summed E-state index contributed by atoms with van der Waals surface area (Å²) in [5.74, 6) is 1.40. The van der Waals surface area contributed by atoms with E-state index < -0.39 is 0 Å². The third kappa shape index (κ3) is 2.86. The first-order valence-corrected chi connectivity index (χ1v) is 5.73. The molecule has 6 heteroatoms. The number of anilines is 2. The highest BCUT2D eigenvalue weighted by atomic mass is 32.2. The Hall–Kier alpha value is -0.490. The first-order chi connectivity index (χ1) is 5.72. The Morgan fingerprint density at radius 2 is 2.50 bits per heavy atom. The third-order valence-corrected chi connectivity index (χ3v) is 2.72. The summed E-state index contributed by atoms with van der Waals surface area (Å²) in [6, 6.07) is 0.410. The zero-order valence-electron chi connectivity index (χ0n) is 7.07. The van der Waals surface area contributed by atoms with Crippen LogP contribution in [-0.2, 0) is 0 Å². The second-order valence-corrected chi connectivity index (χ2v) is 4.12. The Labute approximate surface area is 80.1 Å². The van der Waals surface area contributed by atoms with Crippen LogP contribution >= 0.6 is 23.3 Å². The molecule has 0 radical (unpaired) electrons. The first-order valence-electron chi connectivity index (χ1n) is 3.57. The smallest absolute Gasteiger partial charge is 0.233 e. The predicted molar refractivity (Wildman–Crippen MR) is 55.8 cm³/mol. The summed E-state index contributed by atoms with van der Waals surface area (Å²) >= 11 is 3.10. The second kappa shape index (κ2) is 4.51. The normalized spacial score (nSPS) is 12.8. The van der Waals surface area contributed by atoms with Crippen molar-refractivity contribution in [3.05, 3.63) is 0 Å². The maximum Gasteiger partial charge on any atom is 0.233 e. The minimum Gasteiger partial charge on any atom is -0.367 e. The molecule has 0 fully saturated rings. The van der Waals surface area contributed by atoms with Gasteiger partial charge in [-0.1, -0.05) is 0 Å². The van der Waals surface area contributed by atoms with Crippen molar-refractivity contribution in [2.24, 2.45) is 0 Å². The summed E-state index contributed by atoms with van der Waals surface area (Å²) in [4.78, 5) is 4.00. The van der Waals surface area contributed by atoms with E-state index in [0.29, 0.717) is 12.0 Å². The monoisotopic (exact) mass is 204 g/mol. The molecule has 1 heterocycles. The highest BCUT2D eigenvalue weighted by Gasteiger charge is 2.04. The highest BCUT2D eigenvalue weighted by molar-refractivity contribution is 7.98. The van der Waals surface area contributed by atoms with E-state index in [4.69, 9.17) is 5.73 Å². The molecule has 0 aliphatic heterocycles. The van der Waals surface area contributed by atoms with Crippen LogP contribution in [0.25, 0.3) is 0 Å². The summed E-state index contributed by atoms with van der Waals surface area (Å²) in [7, 11) is 0. The number of rotatable bonds is 4. The molecule has 0 saturated heterocycles. The van der Waals surface area contributed by atoms with Gasteiger partial charge in [0.1, 0.15) is 0 Å². The summed E-state index contributed by atoms with van der Waals surface area (Å²) in [6.45, 7) is 2.11. The van der Waals surface area contributed by atoms with Crippen molar-refractivity contribution in [2.45, 2.75) is 13.0 Å². The lowest BCUT2D eigenvalue weighted by Gasteiger charge is -2.09. The molecular weight excluding hydrogens is 192 g/mol. The molecule has 0 bridgehead atoms. The average molecular weight is 204 g/mol. The Kier molecular flexibility index (Phi) is 3.61. The van der Waals surface area contributed by atoms with Crippen molar-refractivity contribution in [3.63, 3.8) is 0 Å². The zero-order valence-corrected chi connectivity index (χ0v) is 8.71. The lowest BCUT2D eigenvalue weighted by Crippen LogP contribution is -2.17. The molecule has 1 atom stereocenters. The van der Waals surface area contributed by atoms with E-state index in [1.807, 2.05) is 0 Å². The molecule has 3 N–H and O–H groups in total. The van der Waals surface area contributed by atoms with E-state index >= 15 is 0 Å². The summed E-state index contributed by atoms with van der Waals surface area (Å²) in [6.07, 6.45) is 2.08. The lowest BCUT2D eigenvalue weighted by atomic mass is 10.4. The zero-order chi connectivity index (χ0) is 8.97. The van der Waals surface area contributed by atoms with Gasteiger partial charge in [-0.3, -0.25) is 0 Å². The van der Waals surface area contributed by atoms with Crippen LogP contribution < -0.4 is 11.1 Å². The molecule has 1 rings (SSSR count). The van der Waals surface area contributed by atoms with Crippen molar-refractivity contribution in [1.29, 1.82) is 0 Å². The maximum atomic E-state index is 5.37. The van der Waals surface area contributed by atoms with E-state index in [2.05, 4.69) is 27.9 Å². The molecule has 0 aliphatic carbocycles. The molecule has 0 aromatic carbocycles. The maximum absolute atomic E-state index is 5.37. The quantitative estimate of drug-likeness (QED) is 0.773. The Bertz CT molecular complexity index is 237. The summed E-state index contributed by atoms with van der Waals surface area (Å²) < 4.78 is 3.87. The van der Waals surface area contributed by atoms with Crippen molar-refractivity contribution in [3.8, 4) is 0 Å². The van der Waals surface area contributed by atoms with Gasteiger partial charge in [0.15, 0.2) is 0 Å². The van der Waals surface area contributed by atoms with Gasteiger partial charge in [0, 0.05) is 23.3 Å². The number of nitrogen functional groups attached to an aromatic ring is 1. The molecule has 68 valence electrons. The van der Waals surface area contributed by atoms with E-state index in [1.54, 1.807) is 11.8 Å².